The van der Waals surface area contributed by atoms with Gasteiger partial charge >= 0.3 is 0 Å². The summed E-state index contributed by atoms with van der Waals surface area (Å²) in [6.07, 6.45) is 1.06. The number of nitrogens with two attached hydrogens (primary N) is 1. The van der Waals surface area contributed by atoms with Gasteiger partial charge in [0.05, 0.1) is 0 Å². The summed E-state index contributed by atoms with van der Waals surface area (Å²) in [4.78, 5) is 2.17. The van der Waals surface area contributed by atoms with E-state index in [9.17, 15) is 0 Å². The van der Waals surface area contributed by atoms with Crippen molar-refractivity contribution >= 4 is 5.69 Å². The summed E-state index contributed by atoms with van der Waals surface area (Å²) in [5.74, 6) is 0.655. The number of benzene rings is 1. The molecule has 1 aromatic carbocycles. The van der Waals surface area contributed by atoms with Crippen LogP contribution in [0.5, 0.6) is 0 Å². The number of rotatable bonds is 7. The highest BCUT2D eigenvalue weighted by Gasteiger charge is 2.05. The van der Waals surface area contributed by atoms with Crippen molar-refractivity contribution in [3.05, 3.63) is 29.8 Å². The molecule has 0 saturated heterocycles. The monoisotopic (exact) mass is 249 g/mol. The lowest BCUT2D eigenvalue weighted by Crippen LogP contribution is -2.30. The molecule has 0 saturated carbocycles. The van der Waals surface area contributed by atoms with Crippen molar-refractivity contribution in [3.8, 4) is 0 Å². The van der Waals surface area contributed by atoms with Crippen LogP contribution in [0.15, 0.2) is 24.3 Å². The summed E-state index contributed by atoms with van der Waals surface area (Å²) < 4.78 is 0. The van der Waals surface area contributed by atoms with Gasteiger partial charge in [0, 0.05) is 24.8 Å². The van der Waals surface area contributed by atoms with E-state index in [-0.39, 0.29) is 6.04 Å². The highest BCUT2D eigenvalue weighted by Crippen LogP contribution is 2.12. The first-order valence-corrected chi connectivity index (χ1v) is 6.70. The second-order valence-electron chi connectivity index (χ2n) is 5.71. The topological polar surface area (TPSA) is 41.3 Å². The molecule has 0 aromatic heterocycles. The van der Waals surface area contributed by atoms with E-state index in [1.807, 2.05) is 0 Å². The van der Waals surface area contributed by atoms with Crippen LogP contribution >= 0.6 is 0 Å². The summed E-state index contributed by atoms with van der Waals surface area (Å²) >= 11 is 0. The van der Waals surface area contributed by atoms with Crippen LogP contribution in [-0.2, 0) is 6.54 Å². The number of hydrogen-bond acceptors (Lipinski definition) is 3. The zero-order valence-corrected chi connectivity index (χ0v) is 12.1. The van der Waals surface area contributed by atoms with Gasteiger partial charge in [0.15, 0.2) is 0 Å². The summed E-state index contributed by atoms with van der Waals surface area (Å²) in [6, 6.07) is 8.76. The second kappa shape index (κ2) is 7.39. The van der Waals surface area contributed by atoms with E-state index in [0.29, 0.717) is 5.92 Å². The van der Waals surface area contributed by atoms with Gasteiger partial charge in [-0.1, -0.05) is 26.0 Å². The number of hydrogen-bond donors (Lipinski definition) is 2. The Morgan fingerprint density at radius 2 is 2.00 bits per heavy atom. The predicted molar refractivity (Wildman–Crippen MR) is 79.8 cm³/mol. The third kappa shape index (κ3) is 6.03. The molecule has 0 aliphatic rings. The smallest absolute Gasteiger partial charge is 0.0343 e. The van der Waals surface area contributed by atoms with Gasteiger partial charge < -0.3 is 16.0 Å². The standard InChI is InChI=1S/C15H27N3/c1-12(2)8-14(16)10-17-15-7-5-6-13(9-15)11-18(3)4/h5-7,9,12,14,17H,8,10-11,16H2,1-4H3. The largest absolute Gasteiger partial charge is 0.383 e. The van der Waals surface area contributed by atoms with Gasteiger partial charge in [-0.2, -0.15) is 0 Å². The molecule has 1 atom stereocenters. The average molecular weight is 249 g/mol. The molecule has 0 spiro atoms. The van der Waals surface area contributed by atoms with E-state index in [1.165, 1.54) is 5.56 Å². The molecule has 0 aliphatic carbocycles. The Morgan fingerprint density at radius 1 is 1.28 bits per heavy atom. The van der Waals surface area contributed by atoms with Crippen LogP contribution in [0.25, 0.3) is 0 Å². The molecule has 0 aliphatic heterocycles. The molecule has 102 valence electrons. The third-order valence-electron chi connectivity index (χ3n) is 2.77. The van der Waals surface area contributed by atoms with Crippen LogP contribution in [-0.4, -0.2) is 31.6 Å². The van der Waals surface area contributed by atoms with Gasteiger partial charge in [-0.25, -0.2) is 0 Å². The Kier molecular flexibility index (Phi) is 6.16. The van der Waals surface area contributed by atoms with Crippen LogP contribution in [0.3, 0.4) is 0 Å². The van der Waals surface area contributed by atoms with Crippen LogP contribution in [0.4, 0.5) is 5.69 Å². The fourth-order valence-electron chi connectivity index (χ4n) is 2.08. The molecule has 1 unspecified atom stereocenters. The summed E-state index contributed by atoms with van der Waals surface area (Å²) in [6.45, 7) is 6.21. The number of nitrogens with zero attached hydrogens (tertiary/aromatic N) is 1. The second-order valence-corrected chi connectivity index (χ2v) is 5.71. The van der Waals surface area contributed by atoms with E-state index in [1.54, 1.807) is 0 Å². The Labute approximate surface area is 111 Å². The Balaban J connectivity index is 2.47. The maximum absolute atomic E-state index is 6.07. The Morgan fingerprint density at radius 3 is 2.61 bits per heavy atom. The molecular weight excluding hydrogens is 222 g/mol. The first-order chi connectivity index (χ1) is 8.47. The molecule has 3 heteroatoms. The van der Waals surface area contributed by atoms with E-state index in [2.05, 4.69) is 62.4 Å². The third-order valence-corrected chi connectivity index (χ3v) is 2.77. The SMILES string of the molecule is CC(C)CC(N)CNc1cccc(CN(C)C)c1. The molecule has 1 rings (SSSR count). The Hall–Kier alpha value is -1.06. The van der Waals surface area contributed by atoms with Crippen molar-refractivity contribution in [2.75, 3.05) is 26.0 Å². The van der Waals surface area contributed by atoms with Gasteiger partial charge in [0.2, 0.25) is 0 Å². The number of nitrogens with one attached hydrogen (secondary N) is 1. The van der Waals surface area contributed by atoms with Crippen molar-refractivity contribution in [2.24, 2.45) is 11.7 Å². The van der Waals surface area contributed by atoms with Crippen LogP contribution in [0.1, 0.15) is 25.8 Å². The van der Waals surface area contributed by atoms with Crippen LogP contribution < -0.4 is 11.1 Å². The molecule has 0 radical (unpaired) electrons. The minimum Gasteiger partial charge on any atom is -0.383 e. The maximum atomic E-state index is 6.07. The maximum Gasteiger partial charge on any atom is 0.0343 e. The molecular formula is C15H27N3. The number of anilines is 1. The zero-order valence-electron chi connectivity index (χ0n) is 12.1. The Bertz CT molecular complexity index is 347. The first kappa shape index (κ1) is 15.0. The quantitative estimate of drug-likeness (QED) is 0.780. The summed E-state index contributed by atoms with van der Waals surface area (Å²) in [5, 5.41) is 3.42. The normalized spacial score (nSPS) is 13.1. The molecule has 0 heterocycles. The minimum absolute atomic E-state index is 0.225. The van der Waals surface area contributed by atoms with Gasteiger partial charge in [0.1, 0.15) is 0 Å². The lowest BCUT2D eigenvalue weighted by atomic mass is 10.0. The van der Waals surface area contributed by atoms with Crippen molar-refractivity contribution in [2.45, 2.75) is 32.9 Å². The predicted octanol–water partition coefficient (Wildman–Crippen LogP) is 2.53. The van der Waals surface area contributed by atoms with Crippen LogP contribution in [0.2, 0.25) is 0 Å². The van der Waals surface area contributed by atoms with E-state index in [0.717, 1.165) is 25.2 Å². The molecule has 0 fully saturated rings. The van der Waals surface area contributed by atoms with Gasteiger partial charge in [-0.3, -0.25) is 0 Å². The average Bonchev–Trinajstić information content (AvgIpc) is 2.25. The van der Waals surface area contributed by atoms with E-state index < -0.39 is 0 Å². The van der Waals surface area contributed by atoms with Gasteiger partial charge in [0.25, 0.3) is 0 Å². The lowest BCUT2D eigenvalue weighted by molar-refractivity contribution is 0.402. The molecule has 3 nitrogen and oxygen atoms in total. The fraction of sp³-hybridized carbons (Fsp3) is 0.600. The van der Waals surface area contributed by atoms with E-state index >= 15 is 0 Å². The van der Waals surface area contributed by atoms with E-state index in [4.69, 9.17) is 5.73 Å². The van der Waals surface area contributed by atoms with Crippen molar-refractivity contribution in [3.63, 3.8) is 0 Å². The highest BCUT2D eigenvalue weighted by molar-refractivity contribution is 5.45. The first-order valence-electron chi connectivity index (χ1n) is 6.70. The summed E-state index contributed by atoms with van der Waals surface area (Å²) in [5.41, 5.74) is 8.55. The van der Waals surface area contributed by atoms with Crippen LogP contribution in [0, 0.1) is 5.92 Å². The van der Waals surface area contributed by atoms with Gasteiger partial charge in [-0.05, 0) is 44.1 Å². The molecule has 0 amide bonds. The fourth-order valence-corrected chi connectivity index (χ4v) is 2.08. The zero-order chi connectivity index (χ0) is 13.5. The van der Waals surface area contributed by atoms with Crippen molar-refractivity contribution in [1.82, 2.24) is 4.90 Å². The lowest BCUT2D eigenvalue weighted by Gasteiger charge is -2.16. The molecule has 0 bridgehead atoms. The van der Waals surface area contributed by atoms with Gasteiger partial charge in [-0.15, -0.1) is 0 Å². The summed E-state index contributed by atoms with van der Waals surface area (Å²) in [7, 11) is 4.16. The minimum atomic E-state index is 0.225. The molecule has 18 heavy (non-hydrogen) atoms. The highest BCUT2D eigenvalue weighted by atomic mass is 15.0. The molecule has 3 N–H and O–H groups in total. The van der Waals surface area contributed by atoms with Crippen molar-refractivity contribution in [1.29, 1.82) is 0 Å². The molecule has 1 aromatic rings. The van der Waals surface area contributed by atoms with Crippen molar-refractivity contribution < 1.29 is 0 Å².